The third kappa shape index (κ3) is 3.22. The van der Waals surface area contributed by atoms with Crippen LogP contribution in [0.4, 0.5) is 0 Å². The molecular formula is C15H16O4. The molecule has 0 aliphatic rings. The number of benzene rings is 1. The van der Waals surface area contributed by atoms with Crippen molar-refractivity contribution in [3.63, 3.8) is 0 Å². The van der Waals surface area contributed by atoms with Crippen molar-refractivity contribution >= 4 is 16.8 Å². The molecule has 1 heterocycles. The van der Waals surface area contributed by atoms with Crippen LogP contribution in [0.3, 0.4) is 0 Å². The Morgan fingerprint density at radius 1 is 1.32 bits per heavy atom. The van der Waals surface area contributed by atoms with Gasteiger partial charge in [-0.3, -0.25) is 4.79 Å². The van der Waals surface area contributed by atoms with Crippen molar-refractivity contribution in [3.8, 4) is 5.75 Å². The minimum absolute atomic E-state index is 0.0510. The first-order valence-corrected chi connectivity index (χ1v) is 6.29. The third-order valence-corrected chi connectivity index (χ3v) is 2.85. The molecule has 0 amide bonds. The second-order valence-corrected chi connectivity index (χ2v) is 4.48. The lowest BCUT2D eigenvalue weighted by molar-refractivity contribution is -0.121. The lowest BCUT2D eigenvalue weighted by Gasteiger charge is -2.06. The molecule has 19 heavy (non-hydrogen) atoms. The SMILES string of the molecule is CCCC(=O)COc1ccc2c(C)cc(=O)oc2c1. The van der Waals surface area contributed by atoms with Crippen LogP contribution >= 0.6 is 0 Å². The summed E-state index contributed by atoms with van der Waals surface area (Å²) in [4.78, 5) is 22.7. The van der Waals surface area contributed by atoms with Crippen LogP contribution in [0.25, 0.3) is 11.0 Å². The summed E-state index contributed by atoms with van der Waals surface area (Å²) in [5, 5.41) is 0.867. The van der Waals surface area contributed by atoms with Gasteiger partial charge in [0, 0.05) is 23.9 Å². The maximum atomic E-state index is 11.4. The number of ketones is 1. The molecule has 0 fully saturated rings. The molecule has 2 rings (SSSR count). The summed E-state index contributed by atoms with van der Waals surface area (Å²) < 4.78 is 10.5. The van der Waals surface area contributed by atoms with Crippen molar-refractivity contribution in [2.45, 2.75) is 26.7 Å². The van der Waals surface area contributed by atoms with E-state index in [0.29, 0.717) is 17.8 Å². The monoisotopic (exact) mass is 260 g/mol. The van der Waals surface area contributed by atoms with E-state index in [9.17, 15) is 9.59 Å². The van der Waals surface area contributed by atoms with E-state index in [1.54, 1.807) is 12.1 Å². The maximum Gasteiger partial charge on any atom is 0.336 e. The number of carbonyl (C=O) groups is 1. The smallest absolute Gasteiger partial charge is 0.336 e. The molecule has 1 aromatic heterocycles. The summed E-state index contributed by atoms with van der Waals surface area (Å²) in [7, 11) is 0. The zero-order chi connectivity index (χ0) is 13.8. The van der Waals surface area contributed by atoms with Gasteiger partial charge in [0.05, 0.1) is 0 Å². The molecule has 0 saturated carbocycles. The van der Waals surface area contributed by atoms with E-state index >= 15 is 0 Å². The highest BCUT2D eigenvalue weighted by atomic mass is 16.5. The number of aryl methyl sites for hydroxylation is 1. The first-order valence-electron chi connectivity index (χ1n) is 6.29. The fourth-order valence-electron chi connectivity index (χ4n) is 1.91. The molecule has 2 aromatic rings. The standard InChI is InChI=1S/C15H16O4/c1-3-4-11(16)9-18-12-5-6-13-10(2)7-15(17)19-14(13)8-12/h5-8H,3-4,9H2,1-2H3. The average Bonchev–Trinajstić information content (AvgIpc) is 2.36. The van der Waals surface area contributed by atoms with E-state index in [1.165, 1.54) is 6.07 Å². The number of Topliss-reactive ketones (excluding diaryl/α,β-unsaturated/α-hetero) is 1. The van der Waals surface area contributed by atoms with E-state index < -0.39 is 0 Å². The minimum Gasteiger partial charge on any atom is -0.486 e. The normalized spacial score (nSPS) is 10.6. The van der Waals surface area contributed by atoms with Gasteiger partial charge in [0.25, 0.3) is 0 Å². The summed E-state index contributed by atoms with van der Waals surface area (Å²) in [6, 6.07) is 6.69. The van der Waals surface area contributed by atoms with Crippen molar-refractivity contribution in [3.05, 3.63) is 40.2 Å². The Balaban J connectivity index is 2.22. The van der Waals surface area contributed by atoms with Gasteiger partial charge in [0.2, 0.25) is 0 Å². The van der Waals surface area contributed by atoms with Crippen LogP contribution in [0.15, 0.2) is 33.5 Å². The van der Waals surface area contributed by atoms with Gasteiger partial charge in [0.15, 0.2) is 5.78 Å². The number of rotatable bonds is 5. The molecule has 0 spiro atoms. The highest BCUT2D eigenvalue weighted by Gasteiger charge is 2.06. The van der Waals surface area contributed by atoms with Crippen LogP contribution < -0.4 is 10.4 Å². The Labute approximate surface area is 111 Å². The molecule has 0 aliphatic carbocycles. The zero-order valence-corrected chi connectivity index (χ0v) is 11.1. The van der Waals surface area contributed by atoms with E-state index in [4.69, 9.17) is 9.15 Å². The first-order chi connectivity index (χ1) is 9.10. The summed E-state index contributed by atoms with van der Waals surface area (Å²) in [5.41, 5.74) is 0.953. The van der Waals surface area contributed by atoms with Gasteiger partial charge in [-0.15, -0.1) is 0 Å². The fraction of sp³-hybridized carbons (Fsp3) is 0.333. The molecule has 0 aliphatic heterocycles. The van der Waals surface area contributed by atoms with Crippen molar-refractivity contribution < 1.29 is 13.9 Å². The second-order valence-electron chi connectivity index (χ2n) is 4.48. The Bertz CT molecular complexity index is 655. The second kappa shape index (κ2) is 5.69. The number of carbonyl (C=O) groups excluding carboxylic acids is 1. The lowest BCUT2D eigenvalue weighted by atomic mass is 10.1. The Hall–Kier alpha value is -2.10. The molecule has 100 valence electrons. The number of hydrogen-bond donors (Lipinski definition) is 0. The minimum atomic E-state index is -0.385. The van der Waals surface area contributed by atoms with E-state index in [2.05, 4.69) is 0 Å². The molecule has 4 nitrogen and oxygen atoms in total. The Morgan fingerprint density at radius 3 is 2.84 bits per heavy atom. The molecule has 0 unspecified atom stereocenters. The highest BCUT2D eigenvalue weighted by molar-refractivity contribution is 5.82. The van der Waals surface area contributed by atoms with Gasteiger partial charge >= 0.3 is 5.63 Å². The van der Waals surface area contributed by atoms with Crippen molar-refractivity contribution in [2.24, 2.45) is 0 Å². The molecule has 0 saturated heterocycles. The van der Waals surface area contributed by atoms with Gasteiger partial charge < -0.3 is 9.15 Å². The van der Waals surface area contributed by atoms with Gasteiger partial charge in [-0.25, -0.2) is 4.79 Å². The van der Waals surface area contributed by atoms with Crippen molar-refractivity contribution in [1.29, 1.82) is 0 Å². The Kier molecular flexibility index (Phi) is 4.00. The van der Waals surface area contributed by atoms with Gasteiger partial charge in [-0.05, 0) is 31.0 Å². The number of ether oxygens (including phenoxy) is 1. The van der Waals surface area contributed by atoms with Crippen LogP contribution in [0.5, 0.6) is 5.75 Å². The largest absolute Gasteiger partial charge is 0.486 e. The molecule has 0 N–H and O–H groups in total. The van der Waals surface area contributed by atoms with Crippen LogP contribution in [0.2, 0.25) is 0 Å². The zero-order valence-electron chi connectivity index (χ0n) is 11.1. The predicted octanol–water partition coefficient (Wildman–Crippen LogP) is 2.85. The lowest BCUT2D eigenvalue weighted by Crippen LogP contribution is -2.10. The number of fused-ring (bicyclic) bond motifs is 1. The van der Waals surface area contributed by atoms with Crippen LogP contribution in [-0.4, -0.2) is 12.4 Å². The average molecular weight is 260 g/mol. The number of hydrogen-bond acceptors (Lipinski definition) is 4. The summed E-state index contributed by atoms with van der Waals surface area (Å²) in [6.07, 6.45) is 1.33. The quantitative estimate of drug-likeness (QED) is 0.776. The molecule has 4 heteroatoms. The molecule has 0 bridgehead atoms. The summed E-state index contributed by atoms with van der Waals surface area (Å²) in [5.74, 6) is 0.596. The van der Waals surface area contributed by atoms with Gasteiger partial charge in [-0.2, -0.15) is 0 Å². The highest BCUT2D eigenvalue weighted by Crippen LogP contribution is 2.22. The first kappa shape index (κ1) is 13.3. The van der Waals surface area contributed by atoms with E-state index in [-0.39, 0.29) is 18.0 Å². The van der Waals surface area contributed by atoms with Gasteiger partial charge in [0.1, 0.15) is 17.9 Å². The molecule has 0 atom stereocenters. The van der Waals surface area contributed by atoms with Gasteiger partial charge in [-0.1, -0.05) is 6.92 Å². The van der Waals surface area contributed by atoms with Crippen molar-refractivity contribution in [1.82, 2.24) is 0 Å². The predicted molar refractivity (Wildman–Crippen MR) is 72.6 cm³/mol. The summed E-state index contributed by atoms with van der Waals surface area (Å²) >= 11 is 0. The Morgan fingerprint density at radius 2 is 2.11 bits per heavy atom. The van der Waals surface area contributed by atoms with Crippen LogP contribution in [0, 0.1) is 6.92 Å². The fourth-order valence-corrected chi connectivity index (χ4v) is 1.91. The topological polar surface area (TPSA) is 56.5 Å². The van der Waals surface area contributed by atoms with Crippen molar-refractivity contribution in [2.75, 3.05) is 6.61 Å². The van der Waals surface area contributed by atoms with Crippen LogP contribution in [0.1, 0.15) is 25.3 Å². The molecular weight excluding hydrogens is 244 g/mol. The van der Waals surface area contributed by atoms with E-state index in [1.807, 2.05) is 19.9 Å². The third-order valence-electron chi connectivity index (χ3n) is 2.85. The maximum absolute atomic E-state index is 11.4. The summed E-state index contributed by atoms with van der Waals surface area (Å²) in [6.45, 7) is 3.85. The molecule has 0 radical (unpaired) electrons. The van der Waals surface area contributed by atoms with E-state index in [0.717, 1.165) is 17.4 Å². The molecule has 1 aromatic carbocycles. The van der Waals surface area contributed by atoms with Crippen LogP contribution in [-0.2, 0) is 4.79 Å².